The number of nitrogens with zero attached hydrogens (tertiary/aromatic N) is 6. The normalized spacial score (nSPS) is 11.6. The number of rotatable bonds is 8. The van der Waals surface area contributed by atoms with E-state index in [1.165, 1.54) is 21.8 Å². The fourth-order valence-corrected chi connectivity index (χ4v) is 3.59. The highest BCUT2D eigenvalue weighted by Crippen LogP contribution is 2.18. The molecule has 0 aliphatic rings. The Morgan fingerprint density at radius 2 is 1.28 bits per heavy atom. The number of hydrogen-bond donors (Lipinski definition) is 0. The molecule has 0 atom stereocenters. The van der Waals surface area contributed by atoms with Crippen LogP contribution in [-0.4, -0.2) is 48.9 Å². The lowest BCUT2D eigenvalue weighted by molar-refractivity contribution is -0.390. The van der Waals surface area contributed by atoms with Crippen LogP contribution in [-0.2, 0) is 36.8 Å². The Bertz CT molecular complexity index is 846. The van der Waals surface area contributed by atoms with Gasteiger partial charge in [-0.1, -0.05) is 0 Å². The molecule has 12 nitrogen and oxygen atoms in total. The molecule has 0 aliphatic carbocycles. The van der Waals surface area contributed by atoms with Gasteiger partial charge in [0.1, 0.15) is 11.4 Å². The SMILES string of the molecule is Cn1cnc([N+](=O)[O-])c1CCS(=O)(=O)CCc1c([N+](=O)[O-])ncn1C. The molecule has 0 spiro atoms. The summed E-state index contributed by atoms with van der Waals surface area (Å²) in [5.74, 6) is -1.39. The molecule has 2 aromatic heterocycles. The van der Waals surface area contributed by atoms with Gasteiger partial charge < -0.3 is 29.4 Å². The van der Waals surface area contributed by atoms with E-state index in [1.807, 2.05) is 0 Å². The Labute approximate surface area is 142 Å². The Balaban J connectivity index is 2.07. The second kappa shape index (κ2) is 6.96. The van der Waals surface area contributed by atoms with Gasteiger partial charge in [0.15, 0.2) is 9.84 Å². The number of nitro groups is 2. The van der Waals surface area contributed by atoms with Crippen molar-refractivity contribution in [2.24, 2.45) is 14.1 Å². The predicted molar refractivity (Wildman–Crippen MR) is 85.8 cm³/mol. The molecule has 0 saturated heterocycles. The van der Waals surface area contributed by atoms with Crippen molar-refractivity contribution in [1.29, 1.82) is 0 Å². The van der Waals surface area contributed by atoms with Crippen LogP contribution in [0.25, 0.3) is 0 Å². The van der Waals surface area contributed by atoms with Gasteiger partial charge in [-0.2, -0.15) is 0 Å². The first-order valence-corrected chi connectivity index (χ1v) is 8.94. The molecule has 0 aliphatic heterocycles. The molecular formula is C12H16N6O6S. The molecule has 0 aromatic carbocycles. The van der Waals surface area contributed by atoms with E-state index in [-0.39, 0.29) is 47.4 Å². The lowest BCUT2D eigenvalue weighted by Crippen LogP contribution is -2.17. The third kappa shape index (κ3) is 4.17. The van der Waals surface area contributed by atoms with Crippen molar-refractivity contribution in [3.8, 4) is 0 Å². The number of sulfone groups is 1. The van der Waals surface area contributed by atoms with Gasteiger partial charge in [0.2, 0.25) is 12.7 Å². The lowest BCUT2D eigenvalue weighted by atomic mass is 10.3. The molecule has 136 valence electrons. The van der Waals surface area contributed by atoms with Crippen molar-refractivity contribution in [3.05, 3.63) is 44.3 Å². The van der Waals surface area contributed by atoms with Crippen molar-refractivity contribution in [1.82, 2.24) is 19.1 Å². The zero-order chi connectivity index (χ0) is 18.8. The number of hydrogen-bond acceptors (Lipinski definition) is 8. The Hall–Kier alpha value is -2.83. The third-order valence-electron chi connectivity index (χ3n) is 3.72. The van der Waals surface area contributed by atoms with E-state index in [1.54, 1.807) is 14.1 Å². The van der Waals surface area contributed by atoms with Crippen LogP contribution < -0.4 is 0 Å². The van der Waals surface area contributed by atoms with E-state index < -0.39 is 19.7 Å². The standard InChI is InChI=1S/C12H16N6O6S/c1-15-7-13-11(17(19)20)9(15)3-5-25(23,24)6-4-10-12(18(21)22)14-8-16(10)2/h7-8H,3-6H2,1-2H3. The van der Waals surface area contributed by atoms with Crippen molar-refractivity contribution >= 4 is 21.5 Å². The molecule has 0 bridgehead atoms. The fraction of sp³-hybridized carbons (Fsp3) is 0.500. The summed E-state index contributed by atoms with van der Waals surface area (Å²) in [7, 11) is -0.494. The van der Waals surface area contributed by atoms with Crippen molar-refractivity contribution in [2.75, 3.05) is 11.5 Å². The predicted octanol–water partition coefficient (Wildman–Crippen LogP) is 0.170. The second-order valence-corrected chi connectivity index (χ2v) is 7.72. The smallest absolute Gasteiger partial charge is 0.358 e. The highest BCUT2D eigenvalue weighted by molar-refractivity contribution is 7.91. The average Bonchev–Trinajstić information content (AvgIpc) is 3.06. The van der Waals surface area contributed by atoms with E-state index in [2.05, 4.69) is 9.97 Å². The zero-order valence-electron chi connectivity index (χ0n) is 13.5. The van der Waals surface area contributed by atoms with Gasteiger partial charge in [0.25, 0.3) is 0 Å². The molecule has 2 aromatic rings. The summed E-state index contributed by atoms with van der Waals surface area (Å²) in [5, 5.41) is 21.8. The second-order valence-electron chi connectivity index (χ2n) is 5.42. The Kier molecular flexibility index (Phi) is 5.15. The first-order valence-electron chi connectivity index (χ1n) is 7.12. The largest absolute Gasteiger partial charge is 0.384 e. The van der Waals surface area contributed by atoms with E-state index in [0.29, 0.717) is 0 Å². The molecule has 0 radical (unpaired) electrons. The lowest BCUT2D eigenvalue weighted by Gasteiger charge is -2.05. The first kappa shape index (κ1) is 18.5. The maximum Gasteiger partial charge on any atom is 0.384 e. The topological polar surface area (TPSA) is 156 Å². The maximum atomic E-state index is 12.2. The van der Waals surface area contributed by atoms with Crippen LogP contribution in [0.5, 0.6) is 0 Å². The number of imidazole rings is 2. The van der Waals surface area contributed by atoms with Crippen LogP contribution in [0.4, 0.5) is 11.6 Å². The van der Waals surface area contributed by atoms with Gasteiger partial charge in [-0.15, -0.1) is 0 Å². The Morgan fingerprint density at radius 3 is 1.60 bits per heavy atom. The van der Waals surface area contributed by atoms with Crippen LogP contribution in [0.15, 0.2) is 12.7 Å². The Morgan fingerprint density at radius 1 is 0.920 bits per heavy atom. The van der Waals surface area contributed by atoms with Crippen LogP contribution in [0.1, 0.15) is 11.4 Å². The van der Waals surface area contributed by atoms with Gasteiger partial charge in [0, 0.05) is 26.9 Å². The van der Waals surface area contributed by atoms with Gasteiger partial charge in [-0.3, -0.25) is 0 Å². The third-order valence-corrected chi connectivity index (χ3v) is 5.37. The number of aromatic nitrogens is 4. The fourth-order valence-electron chi connectivity index (χ4n) is 2.37. The molecular weight excluding hydrogens is 356 g/mol. The monoisotopic (exact) mass is 372 g/mol. The molecule has 0 saturated carbocycles. The molecule has 13 heteroatoms. The summed E-state index contributed by atoms with van der Waals surface area (Å²) in [6.45, 7) is 0. The van der Waals surface area contributed by atoms with Gasteiger partial charge >= 0.3 is 11.6 Å². The minimum absolute atomic E-state index is 0.0668. The summed E-state index contributed by atoms with van der Waals surface area (Å²) in [5.41, 5.74) is 0.417. The average molecular weight is 372 g/mol. The summed E-state index contributed by atoms with van der Waals surface area (Å²) in [6.07, 6.45) is 2.36. The van der Waals surface area contributed by atoms with Crippen LogP contribution in [0.3, 0.4) is 0 Å². The first-order chi connectivity index (χ1) is 11.6. The van der Waals surface area contributed by atoms with Crippen molar-refractivity contribution in [3.63, 3.8) is 0 Å². The number of aryl methyl sites for hydroxylation is 2. The summed E-state index contributed by atoms with van der Waals surface area (Å²) < 4.78 is 27.2. The minimum atomic E-state index is -3.58. The van der Waals surface area contributed by atoms with E-state index in [9.17, 15) is 28.6 Å². The molecule has 0 amide bonds. The van der Waals surface area contributed by atoms with E-state index in [4.69, 9.17) is 0 Å². The van der Waals surface area contributed by atoms with Gasteiger partial charge in [-0.05, 0) is 19.8 Å². The molecule has 0 N–H and O–H groups in total. The zero-order valence-corrected chi connectivity index (χ0v) is 14.3. The van der Waals surface area contributed by atoms with E-state index in [0.717, 1.165) is 0 Å². The quantitative estimate of drug-likeness (QED) is 0.469. The van der Waals surface area contributed by atoms with Crippen molar-refractivity contribution in [2.45, 2.75) is 12.8 Å². The van der Waals surface area contributed by atoms with Gasteiger partial charge in [-0.25, -0.2) is 8.42 Å². The van der Waals surface area contributed by atoms with E-state index >= 15 is 0 Å². The highest BCUT2D eigenvalue weighted by Gasteiger charge is 2.25. The van der Waals surface area contributed by atoms with Gasteiger partial charge in [0.05, 0.1) is 11.5 Å². The molecule has 25 heavy (non-hydrogen) atoms. The molecule has 2 rings (SSSR count). The summed E-state index contributed by atoms with van der Waals surface area (Å²) in [4.78, 5) is 27.7. The van der Waals surface area contributed by atoms with Crippen molar-refractivity contribution < 1.29 is 18.3 Å². The van der Waals surface area contributed by atoms with Crippen LogP contribution in [0, 0.1) is 20.2 Å². The molecule has 0 unspecified atom stereocenters. The van der Waals surface area contributed by atoms with Crippen LogP contribution >= 0.6 is 0 Å². The summed E-state index contributed by atoms with van der Waals surface area (Å²) in [6, 6.07) is 0. The maximum absolute atomic E-state index is 12.2. The summed E-state index contributed by atoms with van der Waals surface area (Å²) >= 11 is 0. The van der Waals surface area contributed by atoms with Crippen LogP contribution in [0.2, 0.25) is 0 Å². The molecule has 2 heterocycles. The highest BCUT2D eigenvalue weighted by atomic mass is 32.2. The minimum Gasteiger partial charge on any atom is -0.358 e. The molecule has 0 fully saturated rings.